The highest BCUT2D eigenvalue weighted by Gasteiger charge is 2.40. The Morgan fingerprint density at radius 1 is 1.48 bits per heavy atom. The maximum atomic E-state index is 11.4. The number of nitrogens with two attached hydrogens (primary N) is 1. The minimum atomic E-state index is -3.83. The number of likely N-dealkylation sites (tertiary alicyclic amines) is 1. The smallest absolute Gasteiger partial charge is 0.407 e. The van der Waals surface area contributed by atoms with Crippen LogP contribution in [0.5, 0.6) is 0 Å². The zero-order valence-corrected chi connectivity index (χ0v) is 15.6. The summed E-state index contributed by atoms with van der Waals surface area (Å²) in [6.07, 6.45) is 1.71. The molecule has 1 aliphatic heterocycles. The van der Waals surface area contributed by atoms with Gasteiger partial charge in [-0.15, -0.1) is 0 Å². The van der Waals surface area contributed by atoms with Crippen LogP contribution in [0.25, 0.3) is 0 Å². The molecule has 1 aromatic heterocycles. The van der Waals surface area contributed by atoms with Crippen LogP contribution in [-0.2, 0) is 10.0 Å². The van der Waals surface area contributed by atoms with Crippen LogP contribution >= 0.6 is 0 Å². The minimum Gasteiger partial charge on any atom is -0.465 e. The minimum absolute atomic E-state index is 0.157. The van der Waals surface area contributed by atoms with Crippen molar-refractivity contribution in [1.82, 2.24) is 9.88 Å². The molecule has 1 unspecified atom stereocenters. The Morgan fingerprint density at radius 2 is 2.16 bits per heavy atom. The highest BCUT2D eigenvalue weighted by Crippen LogP contribution is 2.34. The van der Waals surface area contributed by atoms with Crippen LogP contribution < -0.4 is 10.5 Å². The fraction of sp³-hybridized carbons (Fsp3) is 0.625. The van der Waals surface area contributed by atoms with E-state index in [4.69, 9.17) is 5.14 Å². The standard InChI is InChI=1S/C16H26N4O4S/c1-11-6-7-13(25(17,23)24)19-14(11)18-8-4-5-12-9-16(2,3)20(10-12)15(21)22/h6-7,12H,4-5,8-10H2,1-3H3,(H,18,19)(H,21,22)(H2,17,23,24). The first kappa shape index (κ1) is 19.5. The average molecular weight is 370 g/mol. The van der Waals surface area contributed by atoms with Gasteiger partial charge in [-0.3, -0.25) is 0 Å². The summed E-state index contributed by atoms with van der Waals surface area (Å²) in [5.74, 6) is 0.836. The molecule has 2 heterocycles. The molecule has 1 saturated heterocycles. The van der Waals surface area contributed by atoms with Crippen LogP contribution in [0.4, 0.5) is 10.6 Å². The second-order valence-corrected chi connectivity index (χ2v) is 8.71. The van der Waals surface area contributed by atoms with Crippen LogP contribution in [-0.4, -0.2) is 48.1 Å². The van der Waals surface area contributed by atoms with Crippen molar-refractivity contribution in [2.75, 3.05) is 18.4 Å². The zero-order chi connectivity index (χ0) is 18.8. The monoisotopic (exact) mass is 370 g/mol. The molecule has 1 atom stereocenters. The first-order valence-corrected chi connectivity index (χ1v) is 9.80. The predicted octanol–water partition coefficient (Wildman–Crippen LogP) is 2.01. The topological polar surface area (TPSA) is 126 Å². The summed E-state index contributed by atoms with van der Waals surface area (Å²) in [5.41, 5.74) is 0.512. The van der Waals surface area contributed by atoms with Crippen LogP contribution in [0, 0.1) is 12.8 Å². The molecule has 1 fully saturated rings. The van der Waals surface area contributed by atoms with Gasteiger partial charge in [-0.2, -0.15) is 0 Å². The van der Waals surface area contributed by atoms with Crippen molar-refractivity contribution in [3.63, 3.8) is 0 Å². The number of hydrogen-bond acceptors (Lipinski definition) is 5. The largest absolute Gasteiger partial charge is 0.465 e. The van der Waals surface area contributed by atoms with Crippen LogP contribution in [0.2, 0.25) is 0 Å². The van der Waals surface area contributed by atoms with E-state index in [2.05, 4.69) is 10.3 Å². The van der Waals surface area contributed by atoms with E-state index in [1.807, 2.05) is 20.8 Å². The first-order valence-electron chi connectivity index (χ1n) is 8.25. The Kier molecular flexibility index (Phi) is 5.58. The summed E-state index contributed by atoms with van der Waals surface area (Å²) >= 11 is 0. The van der Waals surface area contributed by atoms with Crippen LogP contribution in [0.3, 0.4) is 0 Å². The molecule has 0 saturated carbocycles. The molecule has 0 spiro atoms. The summed E-state index contributed by atoms with van der Waals surface area (Å²) in [6.45, 7) is 6.93. The molecular formula is C16H26N4O4S. The van der Waals surface area contributed by atoms with E-state index in [-0.39, 0.29) is 10.6 Å². The van der Waals surface area contributed by atoms with Crippen molar-refractivity contribution in [3.8, 4) is 0 Å². The summed E-state index contributed by atoms with van der Waals surface area (Å²) in [7, 11) is -3.83. The van der Waals surface area contributed by atoms with E-state index < -0.39 is 16.1 Å². The number of amides is 1. The molecule has 25 heavy (non-hydrogen) atoms. The normalized spacial score (nSPS) is 19.8. The van der Waals surface area contributed by atoms with E-state index in [1.165, 1.54) is 11.0 Å². The molecule has 4 N–H and O–H groups in total. The number of hydrogen-bond donors (Lipinski definition) is 3. The second-order valence-electron chi connectivity index (χ2n) is 7.20. The summed E-state index contributed by atoms with van der Waals surface area (Å²) in [4.78, 5) is 16.8. The van der Waals surface area contributed by atoms with Gasteiger partial charge >= 0.3 is 6.09 Å². The van der Waals surface area contributed by atoms with Gasteiger partial charge in [0.2, 0.25) is 0 Å². The lowest BCUT2D eigenvalue weighted by Crippen LogP contribution is -2.41. The Balaban J connectivity index is 1.87. The zero-order valence-electron chi connectivity index (χ0n) is 14.8. The molecule has 8 nitrogen and oxygen atoms in total. The van der Waals surface area contributed by atoms with E-state index in [0.717, 1.165) is 24.8 Å². The Morgan fingerprint density at radius 3 is 2.72 bits per heavy atom. The summed E-state index contributed by atoms with van der Waals surface area (Å²) < 4.78 is 22.8. The van der Waals surface area contributed by atoms with Crippen molar-refractivity contribution in [2.24, 2.45) is 11.1 Å². The number of carboxylic acid groups (broad SMARTS) is 1. The van der Waals surface area contributed by atoms with Gasteiger partial charge < -0.3 is 15.3 Å². The van der Waals surface area contributed by atoms with Crippen LogP contribution in [0.1, 0.15) is 38.7 Å². The fourth-order valence-corrected chi connectivity index (χ4v) is 3.84. The van der Waals surface area contributed by atoms with E-state index in [9.17, 15) is 18.3 Å². The van der Waals surface area contributed by atoms with Gasteiger partial charge in [0.05, 0.1) is 0 Å². The van der Waals surface area contributed by atoms with Crippen molar-refractivity contribution in [2.45, 2.75) is 50.6 Å². The Bertz CT molecular complexity index is 749. The number of aromatic nitrogens is 1. The molecular weight excluding hydrogens is 344 g/mol. The van der Waals surface area contributed by atoms with Crippen molar-refractivity contribution < 1.29 is 18.3 Å². The molecule has 1 aliphatic rings. The average Bonchev–Trinajstić information content (AvgIpc) is 2.79. The summed E-state index contributed by atoms with van der Waals surface area (Å²) in [5, 5.41) is 17.3. The maximum absolute atomic E-state index is 11.4. The van der Waals surface area contributed by atoms with Crippen molar-refractivity contribution >= 4 is 21.9 Å². The lowest BCUT2D eigenvalue weighted by molar-refractivity contribution is 0.117. The number of primary sulfonamides is 1. The second kappa shape index (κ2) is 7.17. The Labute approximate surface area is 148 Å². The number of anilines is 1. The number of nitrogens with zero attached hydrogens (tertiary/aromatic N) is 2. The third kappa shape index (κ3) is 4.82. The third-order valence-corrected chi connectivity index (χ3v) is 5.45. The molecule has 0 aliphatic carbocycles. The third-order valence-electron chi connectivity index (χ3n) is 4.64. The SMILES string of the molecule is Cc1ccc(S(N)(=O)=O)nc1NCCCC1CN(C(=O)O)C(C)(C)C1. The molecule has 140 valence electrons. The molecule has 1 amide bonds. The summed E-state index contributed by atoms with van der Waals surface area (Å²) in [6, 6.07) is 3.05. The lowest BCUT2D eigenvalue weighted by atomic mass is 9.93. The van der Waals surface area contributed by atoms with Gasteiger partial charge in [-0.25, -0.2) is 23.3 Å². The molecule has 0 aromatic carbocycles. The maximum Gasteiger partial charge on any atom is 0.407 e. The number of carbonyl (C=O) groups is 1. The number of nitrogens with one attached hydrogen (secondary N) is 1. The van der Waals surface area contributed by atoms with Crippen LogP contribution in [0.15, 0.2) is 17.2 Å². The van der Waals surface area contributed by atoms with E-state index in [1.54, 1.807) is 6.07 Å². The molecule has 2 rings (SSSR count). The highest BCUT2D eigenvalue weighted by molar-refractivity contribution is 7.89. The highest BCUT2D eigenvalue weighted by atomic mass is 32.2. The van der Waals surface area contributed by atoms with Gasteiger partial charge in [-0.05, 0) is 57.6 Å². The van der Waals surface area contributed by atoms with Gasteiger partial charge in [0.1, 0.15) is 5.82 Å². The van der Waals surface area contributed by atoms with Crippen molar-refractivity contribution in [3.05, 3.63) is 17.7 Å². The van der Waals surface area contributed by atoms with Gasteiger partial charge in [0.25, 0.3) is 10.0 Å². The molecule has 0 bridgehead atoms. The lowest BCUT2D eigenvalue weighted by Gasteiger charge is -2.28. The van der Waals surface area contributed by atoms with Gasteiger partial charge in [0.15, 0.2) is 5.03 Å². The van der Waals surface area contributed by atoms with Gasteiger partial charge in [-0.1, -0.05) is 6.07 Å². The van der Waals surface area contributed by atoms with Gasteiger partial charge in [0, 0.05) is 18.6 Å². The number of sulfonamides is 1. The first-order chi connectivity index (χ1) is 11.5. The van der Waals surface area contributed by atoms with Crippen molar-refractivity contribution in [1.29, 1.82) is 0 Å². The van der Waals surface area contributed by atoms with E-state index >= 15 is 0 Å². The molecule has 1 aromatic rings. The molecule has 0 radical (unpaired) electrons. The van der Waals surface area contributed by atoms with E-state index in [0.29, 0.717) is 24.8 Å². The Hall–Kier alpha value is -1.87. The fourth-order valence-electron chi connectivity index (χ4n) is 3.36. The number of pyridine rings is 1. The number of aryl methyl sites for hydroxylation is 1. The number of rotatable bonds is 6. The predicted molar refractivity (Wildman–Crippen MR) is 95.0 cm³/mol. The quantitative estimate of drug-likeness (QED) is 0.658. The molecule has 9 heteroatoms.